The molecule has 0 aliphatic rings. The van der Waals surface area contributed by atoms with Crippen LogP contribution in [0.4, 0.5) is 0 Å². The Morgan fingerprint density at radius 2 is 1.87 bits per heavy atom. The average Bonchev–Trinajstić information content (AvgIpc) is 3.13. The quantitative estimate of drug-likeness (QED) is 0.581. The molecule has 0 saturated heterocycles. The molecule has 2 aromatic carbocycles. The highest BCUT2D eigenvalue weighted by atomic mass is 16.5. The monoisotopic (exact) mass is 406 g/mol. The first-order chi connectivity index (χ1) is 14.5. The summed E-state index contributed by atoms with van der Waals surface area (Å²) in [5.74, 6) is -1.18. The highest BCUT2D eigenvalue weighted by Crippen LogP contribution is 2.14. The maximum absolute atomic E-state index is 12.7. The van der Waals surface area contributed by atoms with E-state index in [1.165, 1.54) is 0 Å². The lowest BCUT2D eigenvalue weighted by Gasteiger charge is -2.16. The molecule has 7 heteroatoms. The number of hydrogen-bond acceptors (Lipinski definition) is 5. The summed E-state index contributed by atoms with van der Waals surface area (Å²) in [6, 6.07) is 17.5. The number of carbonyl (C=O) groups is 2. The zero-order valence-electron chi connectivity index (χ0n) is 17.5. The third kappa shape index (κ3) is 5.11. The third-order valence-corrected chi connectivity index (χ3v) is 4.81. The minimum atomic E-state index is -0.483. The van der Waals surface area contributed by atoms with Crippen LogP contribution in [0.15, 0.2) is 54.6 Å². The van der Waals surface area contributed by atoms with Crippen LogP contribution in [-0.4, -0.2) is 40.0 Å². The fraction of sp³-hybridized carbons (Fsp3) is 0.304. The van der Waals surface area contributed by atoms with Crippen molar-refractivity contribution in [2.45, 2.75) is 27.2 Å². The smallest absolute Gasteiger partial charge is 0.311 e. The van der Waals surface area contributed by atoms with Gasteiger partial charge in [-0.05, 0) is 50.5 Å². The zero-order valence-corrected chi connectivity index (χ0v) is 17.5. The van der Waals surface area contributed by atoms with Gasteiger partial charge in [0, 0.05) is 6.54 Å². The number of esters is 1. The Bertz CT molecular complexity index is 1010. The van der Waals surface area contributed by atoms with E-state index in [2.05, 4.69) is 15.6 Å². The number of carbonyl (C=O) groups excluding carboxylic acids is 2. The van der Waals surface area contributed by atoms with Gasteiger partial charge in [-0.15, -0.1) is 5.10 Å². The third-order valence-electron chi connectivity index (χ3n) is 4.81. The van der Waals surface area contributed by atoms with Gasteiger partial charge in [0.05, 0.1) is 23.9 Å². The molecule has 1 N–H and O–H groups in total. The largest absolute Gasteiger partial charge is 0.466 e. The van der Waals surface area contributed by atoms with Crippen molar-refractivity contribution in [2.24, 2.45) is 5.92 Å². The summed E-state index contributed by atoms with van der Waals surface area (Å²) >= 11 is 0. The van der Waals surface area contributed by atoms with Gasteiger partial charge < -0.3 is 10.1 Å². The molecule has 0 aliphatic carbocycles. The van der Waals surface area contributed by atoms with Crippen molar-refractivity contribution in [1.82, 2.24) is 20.3 Å². The molecule has 0 radical (unpaired) electrons. The highest BCUT2D eigenvalue weighted by Gasteiger charge is 2.23. The van der Waals surface area contributed by atoms with E-state index in [0.717, 1.165) is 16.8 Å². The number of nitrogens with zero attached hydrogens (tertiary/aromatic N) is 3. The van der Waals surface area contributed by atoms with E-state index in [1.54, 1.807) is 18.5 Å². The van der Waals surface area contributed by atoms with Crippen LogP contribution < -0.4 is 5.32 Å². The van der Waals surface area contributed by atoms with Crippen LogP contribution in [0.3, 0.4) is 0 Å². The second-order valence-electron chi connectivity index (χ2n) is 7.12. The predicted molar refractivity (Wildman–Crippen MR) is 113 cm³/mol. The van der Waals surface area contributed by atoms with E-state index >= 15 is 0 Å². The first-order valence-corrected chi connectivity index (χ1v) is 9.97. The summed E-state index contributed by atoms with van der Waals surface area (Å²) in [7, 11) is 0. The van der Waals surface area contributed by atoms with E-state index in [9.17, 15) is 9.59 Å². The summed E-state index contributed by atoms with van der Waals surface area (Å²) in [6.07, 6.45) is 0.481. The molecule has 0 fully saturated rings. The van der Waals surface area contributed by atoms with Gasteiger partial charge >= 0.3 is 5.97 Å². The van der Waals surface area contributed by atoms with Gasteiger partial charge in [-0.2, -0.15) is 0 Å². The topological polar surface area (TPSA) is 86.1 Å². The summed E-state index contributed by atoms with van der Waals surface area (Å²) in [4.78, 5) is 25.1. The molecule has 0 spiro atoms. The molecule has 1 amide bonds. The lowest BCUT2D eigenvalue weighted by Crippen LogP contribution is -2.35. The summed E-state index contributed by atoms with van der Waals surface area (Å²) < 4.78 is 6.82. The highest BCUT2D eigenvalue weighted by molar-refractivity contribution is 5.93. The van der Waals surface area contributed by atoms with Gasteiger partial charge in [-0.3, -0.25) is 9.59 Å². The van der Waals surface area contributed by atoms with E-state index in [4.69, 9.17) is 4.74 Å². The number of aromatic nitrogens is 3. The fourth-order valence-electron chi connectivity index (χ4n) is 3.24. The van der Waals surface area contributed by atoms with Gasteiger partial charge in [-0.1, -0.05) is 47.7 Å². The second kappa shape index (κ2) is 9.82. The van der Waals surface area contributed by atoms with Crippen LogP contribution in [0.5, 0.6) is 0 Å². The Labute approximate surface area is 176 Å². The molecule has 1 unspecified atom stereocenters. The molecule has 30 heavy (non-hydrogen) atoms. The number of hydrogen-bond donors (Lipinski definition) is 1. The van der Waals surface area contributed by atoms with Crippen LogP contribution in [0.1, 0.15) is 34.2 Å². The Morgan fingerprint density at radius 3 is 2.57 bits per heavy atom. The molecule has 1 aromatic heterocycles. The normalized spacial score (nSPS) is 11.7. The van der Waals surface area contributed by atoms with E-state index in [0.29, 0.717) is 18.7 Å². The second-order valence-corrected chi connectivity index (χ2v) is 7.12. The number of ether oxygens (including phenoxy) is 1. The Hall–Kier alpha value is -3.48. The Balaban J connectivity index is 1.71. The van der Waals surface area contributed by atoms with Gasteiger partial charge in [0.25, 0.3) is 5.91 Å². The number of nitrogens with one attached hydrogen (secondary N) is 1. The molecule has 1 atom stereocenters. The fourth-order valence-corrected chi connectivity index (χ4v) is 3.24. The minimum Gasteiger partial charge on any atom is -0.466 e. The molecular weight excluding hydrogens is 380 g/mol. The Kier molecular flexibility index (Phi) is 6.95. The molecule has 0 aliphatic heterocycles. The van der Waals surface area contributed by atoms with Gasteiger partial charge in [0.15, 0.2) is 5.69 Å². The van der Waals surface area contributed by atoms with E-state index in [-0.39, 0.29) is 24.1 Å². The molecule has 7 nitrogen and oxygen atoms in total. The van der Waals surface area contributed by atoms with Crippen molar-refractivity contribution in [2.75, 3.05) is 13.2 Å². The first kappa shape index (κ1) is 21.2. The van der Waals surface area contributed by atoms with Crippen molar-refractivity contribution in [1.29, 1.82) is 0 Å². The van der Waals surface area contributed by atoms with Gasteiger partial charge in [0.2, 0.25) is 0 Å². The molecule has 3 aromatic rings. The summed E-state index contributed by atoms with van der Waals surface area (Å²) in [5, 5.41) is 11.0. The number of rotatable bonds is 8. The predicted octanol–water partition coefficient (Wildman–Crippen LogP) is 3.04. The Morgan fingerprint density at radius 1 is 1.10 bits per heavy atom. The number of aryl methyl sites for hydroxylation is 1. The number of benzene rings is 2. The maximum Gasteiger partial charge on any atom is 0.311 e. The summed E-state index contributed by atoms with van der Waals surface area (Å²) in [5.41, 5.74) is 3.80. The molecule has 156 valence electrons. The molecule has 0 bridgehead atoms. The first-order valence-electron chi connectivity index (χ1n) is 9.97. The molecule has 3 rings (SSSR count). The molecule has 0 saturated carbocycles. The average molecular weight is 406 g/mol. The van der Waals surface area contributed by atoms with E-state index in [1.807, 2.05) is 61.5 Å². The van der Waals surface area contributed by atoms with Crippen molar-refractivity contribution < 1.29 is 14.3 Å². The van der Waals surface area contributed by atoms with Crippen molar-refractivity contribution in [3.8, 4) is 5.69 Å². The van der Waals surface area contributed by atoms with E-state index < -0.39 is 5.92 Å². The lowest BCUT2D eigenvalue weighted by atomic mass is 9.99. The summed E-state index contributed by atoms with van der Waals surface area (Å²) in [6.45, 7) is 6.00. The van der Waals surface area contributed by atoms with Gasteiger partial charge in [0.1, 0.15) is 0 Å². The minimum absolute atomic E-state index is 0.156. The van der Waals surface area contributed by atoms with Crippen LogP contribution in [0.2, 0.25) is 0 Å². The SMILES string of the molecule is CCOC(=O)C(CNC(=O)c1nnn(-c2cccc(C)c2)c1C)Cc1ccccc1. The lowest BCUT2D eigenvalue weighted by molar-refractivity contribution is -0.147. The van der Waals surface area contributed by atoms with Crippen molar-refractivity contribution >= 4 is 11.9 Å². The molecular formula is C23H26N4O3. The van der Waals surface area contributed by atoms with Gasteiger partial charge in [-0.25, -0.2) is 4.68 Å². The van der Waals surface area contributed by atoms with Crippen molar-refractivity contribution in [3.63, 3.8) is 0 Å². The van der Waals surface area contributed by atoms with Crippen LogP contribution >= 0.6 is 0 Å². The van der Waals surface area contributed by atoms with Crippen LogP contribution in [-0.2, 0) is 16.0 Å². The zero-order chi connectivity index (χ0) is 21.5. The number of amides is 1. The molecule has 1 heterocycles. The van der Waals surface area contributed by atoms with Crippen molar-refractivity contribution in [3.05, 3.63) is 77.1 Å². The standard InChI is InChI=1S/C23H26N4O3/c1-4-30-23(29)19(14-18-10-6-5-7-11-18)15-24-22(28)21-17(3)27(26-25-21)20-12-8-9-16(2)13-20/h5-13,19H,4,14-15H2,1-3H3,(H,24,28). The maximum atomic E-state index is 12.7. The van der Waals surface area contributed by atoms with Crippen LogP contribution in [0.25, 0.3) is 5.69 Å². The van der Waals surface area contributed by atoms with Crippen LogP contribution in [0, 0.1) is 19.8 Å².